The number of nitrogens with one attached hydrogen (secondary N) is 2. The van der Waals surface area contributed by atoms with E-state index in [1.807, 2.05) is 30.3 Å². The van der Waals surface area contributed by atoms with Gasteiger partial charge in [-0.05, 0) is 29.3 Å². The molecule has 6 heteroatoms. The summed E-state index contributed by atoms with van der Waals surface area (Å²) < 4.78 is 12.9. The molecule has 136 valence electrons. The maximum Gasteiger partial charge on any atom is 0.253 e. The van der Waals surface area contributed by atoms with Gasteiger partial charge in [-0.1, -0.05) is 42.5 Å². The summed E-state index contributed by atoms with van der Waals surface area (Å²) in [5.41, 5.74) is 2.34. The highest BCUT2D eigenvalue weighted by Crippen LogP contribution is 2.06. The highest BCUT2D eigenvalue weighted by Gasteiger charge is 2.11. The standard InChI is InChI=1S/C21H18FN3O2/c22-19-8-6-16(7-9-19)12-25-21(27)18-10-17(13-23-14-18)20(26)24-11-15-4-2-1-3-5-15/h1-10,13-14H,11-12H2,(H,24,26)(H,25,27). The molecule has 0 radical (unpaired) electrons. The van der Waals surface area contributed by atoms with Crippen LogP contribution in [0.25, 0.3) is 0 Å². The molecule has 0 aliphatic heterocycles. The van der Waals surface area contributed by atoms with Crippen LogP contribution in [0.15, 0.2) is 73.1 Å². The number of halogens is 1. The van der Waals surface area contributed by atoms with Crippen LogP contribution in [0.2, 0.25) is 0 Å². The molecule has 0 saturated carbocycles. The zero-order chi connectivity index (χ0) is 19.1. The van der Waals surface area contributed by atoms with Crippen molar-refractivity contribution in [3.63, 3.8) is 0 Å². The van der Waals surface area contributed by atoms with Crippen molar-refractivity contribution in [1.82, 2.24) is 15.6 Å². The molecule has 0 aliphatic carbocycles. The van der Waals surface area contributed by atoms with Gasteiger partial charge in [0.25, 0.3) is 11.8 Å². The van der Waals surface area contributed by atoms with Gasteiger partial charge in [-0.25, -0.2) is 4.39 Å². The van der Waals surface area contributed by atoms with Crippen LogP contribution in [0.3, 0.4) is 0 Å². The quantitative estimate of drug-likeness (QED) is 0.707. The molecule has 0 atom stereocenters. The fourth-order valence-electron chi connectivity index (χ4n) is 2.46. The molecule has 27 heavy (non-hydrogen) atoms. The molecule has 0 unspecified atom stereocenters. The van der Waals surface area contributed by atoms with E-state index in [0.29, 0.717) is 12.1 Å². The SMILES string of the molecule is O=C(NCc1ccccc1)c1cncc(C(=O)NCc2ccc(F)cc2)c1. The number of nitrogens with zero attached hydrogens (tertiary/aromatic N) is 1. The number of hydrogen-bond donors (Lipinski definition) is 2. The van der Waals surface area contributed by atoms with E-state index in [2.05, 4.69) is 15.6 Å². The average Bonchev–Trinajstić information content (AvgIpc) is 2.72. The van der Waals surface area contributed by atoms with Crippen molar-refractivity contribution in [3.8, 4) is 0 Å². The maximum atomic E-state index is 12.9. The molecule has 0 saturated heterocycles. The van der Waals surface area contributed by atoms with Crippen molar-refractivity contribution in [2.45, 2.75) is 13.1 Å². The van der Waals surface area contributed by atoms with Crippen LogP contribution in [0, 0.1) is 5.82 Å². The Hall–Kier alpha value is -3.54. The third kappa shape index (κ3) is 5.22. The van der Waals surface area contributed by atoms with E-state index in [1.54, 1.807) is 12.1 Å². The fourth-order valence-corrected chi connectivity index (χ4v) is 2.46. The lowest BCUT2D eigenvalue weighted by molar-refractivity contribution is 0.0950. The number of benzene rings is 2. The highest BCUT2D eigenvalue weighted by molar-refractivity contribution is 5.99. The number of aromatic nitrogens is 1. The molecule has 3 aromatic rings. The van der Waals surface area contributed by atoms with Gasteiger partial charge in [-0.3, -0.25) is 14.6 Å². The summed E-state index contributed by atoms with van der Waals surface area (Å²) in [7, 11) is 0. The summed E-state index contributed by atoms with van der Waals surface area (Å²) in [4.78, 5) is 28.5. The first-order chi connectivity index (χ1) is 13.1. The predicted molar refractivity (Wildman–Crippen MR) is 99.4 cm³/mol. The van der Waals surface area contributed by atoms with E-state index >= 15 is 0 Å². The topological polar surface area (TPSA) is 71.1 Å². The predicted octanol–water partition coefficient (Wildman–Crippen LogP) is 3.08. The van der Waals surface area contributed by atoms with E-state index < -0.39 is 0 Å². The van der Waals surface area contributed by atoms with E-state index in [0.717, 1.165) is 11.1 Å². The Morgan fingerprint density at radius 2 is 1.30 bits per heavy atom. The van der Waals surface area contributed by atoms with E-state index in [4.69, 9.17) is 0 Å². The molecule has 2 aromatic carbocycles. The van der Waals surface area contributed by atoms with Crippen molar-refractivity contribution < 1.29 is 14.0 Å². The summed E-state index contributed by atoms with van der Waals surface area (Å²) in [6.07, 6.45) is 2.81. The van der Waals surface area contributed by atoms with Crippen LogP contribution in [-0.4, -0.2) is 16.8 Å². The van der Waals surface area contributed by atoms with Gasteiger partial charge >= 0.3 is 0 Å². The number of carbonyl (C=O) groups excluding carboxylic acids is 2. The lowest BCUT2D eigenvalue weighted by Gasteiger charge is -2.08. The molecule has 0 spiro atoms. The number of carbonyl (C=O) groups is 2. The number of pyridine rings is 1. The minimum absolute atomic E-state index is 0.254. The Labute approximate surface area is 156 Å². The van der Waals surface area contributed by atoms with Crippen molar-refractivity contribution in [3.05, 3.63) is 101 Å². The highest BCUT2D eigenvalue weighted by atomic mass is 19.1. The average molecular weight is 363 g/mol. The van der Waals surface area contributed by atoms with Gasteiger partial charge in [0.2, 0.25) is 0 Å². The van der Waals surface area contributed by atoms with Crippen LogP contribution in [-0.2, 0) is 13.1 Å². The fraction of sp³-hybridized carbons (Fsp3) is 0.0952. The summed E-state index contributed by atoms with van der Waals surface area (Å²) in [6, 6.07) is 16.9. The van der Waals surface area contributed by atoms with Crippen molar-refractivity contribution in [1.29, 1.82) is 0 Å². The molecule has 3 rings (SSSR count). The molecule has 0 fully saturated rings. The monoisotopic (exact) mass is 363 g/mol. The smallest absolute Gasteiger partial charge is 0.253 e. The second-order valence-corrected chi connectivity index (χ2v) is 5.94. The van der Waals surface area contributed by atoms with Gasteiger partial charge < -0.3 is 10.6 Å². The van der Waals surface area contributed by atoms with Crippen LogP contribution < -0.4 is 10.6 Å². The molecule has 0 aliphatic rings. The van der Waals surface area contributed by atoms with Crippen molar-refractivity contribution >= 4 is 11.8 Å². The van der Waals surface area contributed by atoms with Crippen LogP contribution in [0.1, 0.15) is 31.8 Å². The summed E-state index contributed by atoms with van der Waals surface area (Å²) in [5, 5.41) is 5.52. The minimum Gasteiger partial charge on any atom is -0.348 e. The van der Waals surface area contributed by atoms with Crippen LogP contribution in [0.4, 0.5) is 4.39 Å². The van der Waals surface area contributed by atoms with E-state index in [1.165, 1.54) is 30.6 Å². The molecule has 2 N–H and O–H groups in total. The van der Waals surface area contributed by atoms with Gasteiger partial charge in [0.15, 0.2) is 0 Å². The number of amides is 2. The Morgan fingerprint density at radius 1 is 0.778 bits per heavy atom. The third-order valence-electron chi connectivity index (χ3n) is 3.92. The van der Waals surface area contributed by atoms with E-state index in [9.17, 15) is 14.0 Å². The second-order valence-electron chi connectivity index (χ2n) is 5.94. The molecule has 1 heterocycles. The number of hydrogen-bond acceptors (Lipinski definition) is 3. The van der Waals surface area contributed by atoms with Gasteiger partial charge in [0, 0.05) is 25.5 Å². The molecular weight excluding hydrogens is 345 g/mol. The first-order valence-electron chi connectivity index (χ1n) is 8.41. The Balaban J connectivity index is 1.59. The largest absolute Gasteiger partial charge is 0.348 e. The number of rotatable bonds is 6. The Kier molecular flexibility index (Phi) is 5.89. The molecule has 5 nitrogen and oxygen atoms in total. The van der Waals surface area contributed by atoms with Crippen molar-refractivity contribution in [2.24, 2.45) is 0 Å². The zero-order valence-electron chi connectivity index (χ0n) is 14.5. The lowest BCUT2D eigenvalue weighted by Crippen LogP contribution is -2.25. The van der Waals surface area contributed by atoms with Gasteiger partial charge in [-0.15, -0.1) is 0 Å². The molecule has 2 amide bonds. The van der Waals surface area contributed by atoms with Crippen LogP contribution >= 0.6 is 0 Å². The normalized spacial score (nSPS) is 10.3. The maximum absolute atomic E-state index is 12.9. The second kappa shape index (κ2) is 8.71. The summed E-state index contributed by atoms with van der Waals surface area (Å²) >= 11 is 0. The summed E-state index contributed by atoms with van der Waals surface area (Å²) in [6.45, 7) is 0.643. The molecular formula is C21H18FN3O2. The van der Waals surface area contributed by atoms with Gasteiger partial charge in [0.05, 0.1) is 11.1 Å². The van der Waals surface area contributed by atoms with E-state index in [-0.39, 0.29) is 29.7 Å². The lowest BCUT2D eigenvalue weighted by atomic mass is 10.1. The Morgan fingerprint density at radius 3 is 1.85 bits per heavy atom. The van der Waals surface area contributed by atoms with Crippen molar-refractivity contribution in [2.75, 3.05) is 0 Å². The van der Waals surface area contributed by atoms with Crippen LogP contribution in [0.5, 0.6) is 0 Å². The molecule has 1 aromatic heterocycles. The van der Waals surface area contributed by atoms with Gasteiger partial charge in [-0.2, -0.15) is 0 Å². The zero-order valence-corrected chi connectivity index (χ0v) is 14.5. The molecule has 0 bridgehead atoms. The Bertz CT molecular complexity index is 928. The minimum atomic E-state index is -0.357. The summed E-state index contributed by atoms with van der Waals surface area (Å²) in [5.74, 6) is -0.993. The van der Waals surface area contributed by atoms with Gasteiger partial charge in [0.1, 0.15) is 5.82 Å². The first kappa shape index (κ1) is 18.3. The first-order valence-corrected chi connectivity index (χ1v) is 8.41. The third-order valence-corrected chi connectivity index (χ3v) is 3.92.